The van der Waals surface area contributed by atoms with Crippen LogP contribution in [0.25, 0.3) is 11.3 Å². The minimum Gasteiger partial charge on any atom is -0.493 e. The summed E-state index contributed by atoms with van der Waals surface area (Å²) >= 11 is 1.37. The number of thiazole rings is 1. The second-order valence-corrected chi connectivity index (χ2v) is 6.14. The largest absolute Gasteiger partial charge is 0.493 e. The van der Waals surface area contributed by atoms with Gasteiger partial charge in [0, 0.05) is 23.3 Å². The second kappa shape index (κ2) is 7.35. The fourth-order valence-electron chi connectivity index (χ4n) is 2.30. The molecule has 2 heterocycles. The maximum atomic E-state index is 12.3. The summed E-state index contributed by atoms with van der Waals surface area (Å²) in [6, 6.07) is 5.22. The van der Waals surface area contributed by atoms with Gasteiger partial charge in [-0.1, -0.05) is 0 Å². The zero-order valence-electron chi connectivity index (χ0n) is 14.1. The van der Waals surface area contributed by atoms with Gasteiger partial charge in [0.1, 0.15) is 6.04 Å². The molecule has 1 unspecified atom stereocenters. The average molecular weight is 358 g/mol. The Morgan fingerprint density at radius 3 is 2.76 bits per heavy atom. The minimum atomic E-state index is -0.365. The molecule has 7 nitrogen and oxygen atoms in total. The van der Waals surface area contributed by atoms with Crippen LogP contribution in [0.15, 0.2) is 42.3 Å². The lowest BCUT2D eigenvalue weighted by Crippen LogP contribution is -2.22. The third kappa shape index (κ3) is 3.63. The number of carbonyl (C=O) groups excluding carboxylic acids is 1. The number of hydrogen-bond acceptors (Lipinski definition) is 6. The minimum absolute atomic E-state index is 0.147. The molecule has 0 aliphatic rings. The van der Waals surface area contributed by atoms with Crippen LogP contribution in [0.4, 0.5) is 5.13 Å². The Kier molecular flexibility index (Phi) is 4.99. The molecule has 0 bridgehead atoms. The van der Waals surface area contributed by atoms with E-state index in [0.29, 0.717) is 16.6 Å². The predicted octanol–water partition coefficient (Wildman–Crippen LogP) is 3.22. The van der Waals surface area contributed by atoms with Crippen LogP contribution in [0.3, 0.4) is 0 Å². The number of hydrogen-bond donors (Lipinski definition) is 1. The van der Waals surface area contributed by atoms with E-state index in [4.69, 9.17) is 9.47 Å². The number of ether oxygens (including phenoxy) is 2. The van der Waals surface area contributed by atoms with Crippen LogP contribution in [-0.2, 0) is 4.79 Å². The van der Waals surface area contributed by atoms with Gasteiger partial charge in [-0.15, -0.1) is 11.3 Å². The first-order chi connectivity index (χ1) is 12.1. The lowest BCUT2D eigenvalue weighted by molar-refractivity contribution is -0.118. The molecule has 3 rings (SSSR count). The van der Waals surface area contributed by atoms with Crippen molar-refractivity contribution >= 4 is 22.4 Å². The first kappa shape index (κ1) is 17.0. The monoisotopic (exact) mass is 358 g/mol. The molecule has 2 aromatic heterocycles. The average Bonchev–Trinajstić information content (AvgIpc) is 3.32. The molecule has 0 spiro atoms. The zero-order chi connectivity index (χ0) is 17.8. The Hall–Kier alpha value is -2.87. The topological polar surface area (TPSA) is 78.3 Å². The molecule has 1 N–H and O–H groups in total. The van der Waals surface area contributed by atoms with E-state index in [1.807, 2.05) is 23.6 Å². The van der Waals surface area contributed by atoms with E-state index in [9.17, 15) is 4.79 Å². The molecule has 0 radical (unpaired) electrons. The Balaban J connectivity index is 1.75. The lowest BCUT2D eigenvalue weighted by Gasteiger charge is -2.11. The zero-order valence-corrected chi connectivity index (χ0v) is 14.9. The van der Waals surface area contributed by atoms with Crippen molar-refractivity contribution in [2.75, 3.05) is 19.5 Å². The predicted molar refractivity (Wildman–Crippen MR) is 96.2 cm³/mol. The summed E-state index contributed by atoms with van der Waals surface area (Å²) in [4.78, 5) is 20.7. The number of imidazole rings is 1. The number of carbonyl (C=O) groups is 1. The molecule has 0 saturated carbocycles. The fraction of sp³-hybridized carbons (Fsp3) is 0.235. The third-order valence-corrected chi connectivity index (χ3v) is 4.52. The molecule has 1 atom stereocenters. The van der Waals surface area contributed by atoms with Gasteiger partial charge in [0.25, 0.3) is 0 Å². The van der Waals surface area contributed by atoms with Crippen LogP contribution < -0.4 is 14.8 Å². The number of methoxy groups -OCH3 is 2. The summed E-state index contributed by atoms with van der Waals surface area (Å²) in [6.45, 7) is 1.81. The Bertz CT molecular complexity index is 861. The molecular weight excluding hydrogens is 340 g/mol. The normalized spacial score (nSPS) is 11.8. The molecule has 130 valence electrons. The summed E-state index contributed by atoms with van der Waals surface area (Å²) in [5, 5.41) is 5.27. The van der Waals surface area contributed by atoms with Gasteiger partial charge < -0.3 is 19.4 Å². The highest BCUT2D eigenvalue weighted by Gasteiger charge is 2.16. The highest BCUT2D eigenvalue weighted by atomic mass is 32.1. The van der Waals surface area contributed by atoms with Crippen molar-refractivity contribution in [1.82, 2.24) is 14.5 Å². The van der Waals surface area contributed by atoms with Gasteiger partial charge in [-0.25, -0.2) is 9.97 Å². The maximum Gasteiger partial charge on any atom is 0.248 e. The number of nitrogens with one attached hydrogen (secondary N) is 1. The van der Waals surface area contributed by atoms with Crippen LogP contribution in [0, 0.1) is 0 Å². The molecule has 1 amide bonds. The number of nitrogens with zero attached hydrogens (tertiary/aromatic N) is 3. The summed E-state index contributed by atoms with van der Waals surface area (Å²) in [7, 11) is 3.18. The molecule has 3 aromatic rings. The summed E-state index contributed by atoms with van der Waals surface area (Å²) < 4.78 is 12.3. The SMILES string of the molecule is COc1ccc(-c2csc(NC(=O)C(C)n3ccnc3)n2)cc1OC. The fourth-order valence-corrected chi connectivity index (χ4v) is 3.03. The standard InChI is InChI=1S/C17H18N4O3S/c1-11(21-7-6-18-10-21)16(22)20-17-19-13(9-25-17)12-4-5-14(23-2)15(8-12)24-3/h4-11H,1-3H3,(H,19,20,22). The summed E-state index contributed by atoms with van der Waals surface area (Å²) in [5.74, 6) is 1.14. The number of benzene rings is 1. The van der Waals surface area contributed by atoms with Crippen molar-refractivity contribution in [3.8, 4) is 22.8 Å². The van der Waals surface area contributed by atoms with E-state index >= 15 is 0 Å². The molecular formula is C17H18N4O3S. The molecule has 25 heavy (non-hydrogen) atoms. The van der Waals surface area contributed by atoms with E-state index in [1.54, 1.807) is 44.4 Å². The van der Waals surface area contributed by atoms with Gasteiger partial charge in [0.2, 0.25) is 5.91 Å². The molecule has 8 heteroatoms. The molecule has 1 aromatic carbocycles. The van der Waals surface area contributed by atoms with Crippen molar-refractivity contribution in [3.63, 3.8) is 0 Å². The summed E-state index contributed by atoms with van der Waals surface area (Å²) in [5.41, 5.74) is 1.65. The van der Waals surface area contributed by atoms with Gasteiger partial charge in [-0.2, -0.15) is 0 Å². The number of amides is 1. The quantitative estimate of drug-likeness (QED) is 0.732. The van der Waals surface area contributed by atoms with Gasteiger partial charge in [0.05, 0.1) is 26.2 Å². The van der Waals surface area contributed by atoms with E-state index in [1.165, 1.54) is 11.3 Å². The van der Waals surface area contributed by atoms with E-state index < -0.39 is 0 Å². The molecule has 0 aliphatic carbocycles. The van der Waals surface area contributed by atoms with Crippen molar-refractivity contribution in [2.45, 2.75) is 13.0 Å². The smallest absolute Gasteiger partial charge is 0.248 e. The second-order valence-electron chi connectivity index (χ2n) is 5.28. The van der Waals surface area contributed by atoms with Crippen LogP contribution >= 0.6 is 11.3 Å². The lowest BCUT2D eigenvalue weighted by atomic mass is 10.1. The summed E-state index contributed by atoms with van der Waals surface area (Å²) in [6.07, 6.45) is 5.00. The van der Waals surface area contributed by atoms with Gasteiger partial charge in [-0.3, -0.25) is 4.79 Å². The first-order valence-electron chi connectivity index (χ1n) is 7.58. The molecule has 0 saturated heterocycles. The number of aromatic nitrogens is 3. The molecule has 0 aliphatic heterocycles. The van der Waals surface area contributed by atoms with Gasteiger partial charge in [-0.05, 0) is 25.1 Å². The Morgan fingerprint density at radius 1 is 1.28 bits per heavy atom. The van der Waals surface area contributed by atoms with E-state index in [-0.39, 0.29) is 11.9 Å². The van der Waals surface area contributed by atoms with Gasteiger partial charge in [0.15, 0.2) is 16.6 Å². The van der Waals surface area contributed by atoms with Crippen LogP contribution in [0.2, 0.25) is 0 Å². The van der Waals surface area contributed by atoms with Crippen molar-refractivity contribution < 1.29 is 14.3 Å². The van der Waals surface area contributed by atoms with Crippen LogP contribution in [0.5, 0.6) is 11.5 Å². The van der Waals surface area contributed by atoms with Crippen LogP contribution in [-0.4, -0.2) is 34.7 Å². The highest BCUT2D eigenvalue weighted by Crippen LogP contribution is 2.33. The van der Waals surface area contributed by atoms with Crippen molar-refractivity contribution in [2.24, 2.45) is 0 Å². The number of anilines is 1. The van der Waals surface area contributed by atoms with Gasteiger partial charge >= 0.3 is 0 Å². The van der Waals surface area contributed by atoms with E-state index in [0.717, 1.165) is 11.3 Å². The maximum absolute atomic E-state index is 12.3. The Labute approximate surface area is 149 Å². The Morgan fingerprint density at radius 2 is 2.08 bits per heavy atom. The van der Waals surface area contributed by atoms with E-state index in [2.05, 4.69) is 15.3 Å². The molecule has 0 fully saturated rings. The third-order valence-electron chi connectivity index (χ3n) is 3.77. The van der Waals surface area contributed by atoms with Crippen LogP contribution in [0.1, 0.15) is 13.0 Å². The van der Waals surface area contributed by atoms with Crippen molar-refractivity contribution in [3.05, 3.63) is 42.3 Å². The number of rotatable bonds is 6. The van der Waals surface area contributed by atoms with Crippen molar-refractivity contribution in [1.29, 1.82) is 0 Å². The first-order valence-corrected chi connectivity index (χ1v) is 8.46. The highest BCUT2D eigenvalue weighted by molar-refractivity contribution is 7.14.